The molecular weight excluding hydrogens is 370 g/mol. The molecule has 3 atom stereocenters. The smallest absolute Gasteiger partial charge is 0.187 e. The highest BCUT2D eigenvalue weighted by atomic mass is 15.1. The lowest BCUT2D eigenvalue weighted by Gasteiger charge is -2.48. The van der Waals surface area contributed by atoms with Crippen molar-refractivity contribution in [2.45, 2.75) is 25.8 Å². The van der Waals surface area contributed by atoms with Crippen LogP contribution in [0.5, 0.6) is 0 Å². The summed E-state index contributed by atoms with van der Waals surface area (Å²) in [6.45, 7) is 2.24. The minimum absolute atomic E-state index is 0.0554. The van der Waals surface area contributed by atoms with Crippen LogP contribution in [0.15, 0.2) is 65.4 Å². The maximum absolute atomic E-state index is 10.2. The summed E-state index contributed by atoms with van der Waals surface area (Å²) >= 11 is 0. The van der Waals surface area contributed by atoms with Gasteiger partial charge >= 0.3 is 0 Å². The maximum atomic E-state index is 10.2. The molecule has 5 heteroatoms. The minimum Gasteiger partial charge on any atom is -0.399 e. The van der Waals surface area contributed by atoms with E-state index in [-0.39, 0.29) is 23.5 Å². The van der Waals surface area contributed by atoms with Gasteiger partial charge in [0.25, 0.3) is 0 Å². The van der Waals surface area contributed by atoms with Crippen LogP contribution in [0.1, 0.15) is 24.8 Å². The van der Waals surface area contributed by atoms with Crippen molar-refractivity contribution in [2.75, 3.05) is 13.1 Å². The summed E-state index contributed by atoms with van der Waals surface area (Å²) in [7, 11) is 0. The lowest BCUT2D eigenvalue weighted by atomic mass is 9.55. The first-order valence-corrected chi connectivity index (χ1v) is 10.5. The molecule has 0 amide bonds. The van der Waals surface area contributed by atoms with Crippen molar-refractivity contribution in [3.05, 3.63) is 71.0 Å². The molecule has 1 aliphatic heterocycles. The van der Waals surface area contributed by atoms with E-state index in [4.69, 9.17) is 5.73 Å². The van der Waals surface area contributed by atoms with Crippen LogP contribution >= 0.6 is 0 Å². The van der Waals surface area contributed by atoms with Crippen molar-refractivity contribution in [1.29, 1.82) is 15.8 Å². The average Bonchev–Trinajstić information content (AvgIpc) is 2.80. The van der Waals surface area contributed by atoms with E-state index in [1.807, 2.05) is 18.2 Å². The van der Waals surface area contributed by atoms with Crippen molar-refractivity contribution in [1.82, 2.24) is 4.90 Å². The Kier molecular flexibility index (Phi) is 5.45. The summed E-state index contributed by atoms with van der Waals surface area (Å²) in [5.74, 6) is -0.0854. The van der Waals surface area contributed by atoms with Gasteiger partial charge in [-0.2, -0.15) is 15.8 Å². The van der Waals surface area contributed by atoms with Crippen molar-refractivity contribution in [3.8, 4) is 18.2 Å². The molecule has 2 N–H and O–H groups in total. The number of hydrogen-bond acceptors (Lipinski definition) is 5. The zero-order valence-electron chi connectivity index (χ0n) is 17.0. The zero-order valence-corrected chi connectivity index (χ0v) is 17.0. The lowest BCUT2D eigenvalue weighted by Crippen LogP contribution is -2.51. The summed E-state index contributed by atoms with van der Waals surface area (Å²) in [6, 6.07) is 17.0. The fourth-order valence-electron chi connectivity index (χ4n) is 5.47. The molecule has 0 saturated carbocycles. The van der Waals surface area contributed by atoms with E-state index in [9.17, 15) is 15.8 Å². The van der Waals surface area contributed by atoms with Crippen LogP contribution in [0, 0.1) is 57.2 Å². The number of nitrogens with zero attached hydrogens (tertiary/aromatic N) is 4. The Morgan fingerprint density at radius 3 is 2.50 bits per heavy atom. The molecule has 4 rings (SSSR count). The lowest BCUT2D eigenvalue weighted by molar-refractivity contribution is 0.108. The predicted molar refractivity (Wildman–Crippen MR) is 114 cm³/mol. The topological polar surface area (TPSA) is 101 Å². The standard InChI is InChI=1S/C25H25N5/c26-13-21-20-11-12-30(14-18-7-3-1-4-8-18)15-22(20)23(19-9-5-2-6-10-19)25(16-27,17-28)24(21)29/h1-5,7-8,11,19,22-23H,6,9-10,12,14-15,29H2. The third-order valence-electron chi connectivity index (χ3n) is 6.87. The number of hydrogen-bond donors (Lipinski definition) is 1. The monoisotopic (exact) mass is 395 g/mol. The first kappa shape index (κ1) is 20.0. The Labute approximate surface area is 178 Å². The molecule has 0 spiro atoms. The van der Waals surface area contributed by atoms with Gasteiger partial charge in [-0.25, -0.2) is 0 Å². The van der Waals surface area contributed by atoms with Gasteiger partial charge in [0.05, 0.1) is 23.4 Å². The van der Waals surface area contributed by atoms with Crippen LogP contribution in [0.4, 0.5) is 0 Å². The van der Waals surface area contributed by atoms with Gasteiger partial charge in [0.15, 0.2) is 5.41 Å². The van der Waals surface area contributed by atoms with E-state index in [0.29, 0.717) is 5.57 Å². The highest BCUT2D eigenvalue weighted by Crippen LogP contribution is 2.54. The molecule has 30 heavy (non-hydrogen) atoms. The van der Waals surface area contributed by atoms with E-state index >= 15 is 0 Å². The third kappa shape index (κ3) is 3.21. The molecule has 2 aliphatic carbocycles. The molecule has 0 radical (unpaired) electrons. The Balaban J connectivity index is 1.78. The van der Waals surface area contributed by atoms with Gasteiger partial charge in [0.1, 0.15) is 6.07 Å². The molecule has 0 aromatic heterocycles. The molecule has 3 aliphatic rings. The van der Waals surface area contributed by atoms with Gasteiger partial charge in [-0.15, -0.1) is 0 Å². The minimum atomic E-state index is -1.46. The zero-order chi connectivity index (χ0) is 21.1. The number of benzene rings is 1. The Morgan fingerprint density at radius 2 is 1.87 bits per heavy atom. The summed E-state index contributed by atoms with van der Waals surface area (Å²) < 4.78 is 0. The number of allylic oxidation sites excluding steroid dienone is 4. The second-order valence-corrected chi connectivity index (χ2v) is 8.45. The van der Waals surface area contributed by atoms with Crippen molar-refractivity contribution < 1.29 is 0 Å². The third-order valence-corrected chi connectivity index (χ3v) is 6.87. The Bertz CT molecular complexity index is 1010. The van der Waals surface area contributed by atoms with E-state index < -0.39 is 5.41 Å². The van der Waals surface area contributed by atoms with Gasteiger partial charge in [-0.05, 0) is 36.3 Å². The molecule has 0 saturated heterocycles. The van der Waals surface area contributed by atoms with Crippen molar-refractivity contribution in [3.63, 3.8) is 0 Å². The molecule has 0 fully saturated rings. The summed E-state index contributed by atoms with van der Waals surface area (Å²) in [5.41, 5.74) is 7.57. The van der Waals surface area contributed by atoms with Gasteiger partial charge in [0, 0.05) is 31.5 Å². The van der Waals surface area contributed by atoms with Crippen LogP contribution in [0.2, 0.25) is 0 Å². The number of fused-ring (bicyclic) bond motifs is 1. The first-order chi connectivity index (χ1) is 14.6. The highest BCUT2D eigenvalue weighted by molar-refractivity contribution is 5.56. The number of rotatable bonds is 3. The van der Waals surface area contributed by atoms with Crippen molar-refractivity contribution in [2.24, 2.45) is 28.9 Å². The number of nitrogens with two attached hydrogens (primary N) is 1. The maximum Gasteiger partial charge on any atom is 0.187 e. The van der Waals surface area contributed by atoms with Gasteiger partial charge in [-0.3, -0.25) is 4.90 Å². The van der Waals surface area contributed by atoms with E-state index in [2.05, 4.69) is 53.5 Å². The summed E-state index contributed by atoms with van der Waals surface area (Å²) in [4.78, 5) is 2.34. The molecular formula is C25H25N5. The average molecular weight is 396 g/mol. The van der Waals surface area contributed by atoms with Crippen molar-refractivity contribution >= 4 is 0 Å². The fraction of sp³-hybridized carbons (Fsp3) is 0.400. The second-order valence-electron chi connectivity index (χ2n) is 8.45. The summed E-state index contributed by atoms with van der Waals surface area (Å²) in [6.07, 6.45) is 9.13. The normalized spacial score (nSPS) is 27.9. The highest BCUT2D eigenvalue weighted by Gasteiger charge is 2.56. The van der Waals surface area contributed by atoms with Gasteiger partial charge < -0.3 is 5.73 Å². The van der Waals surface area contributed by atoms with E-state index in [1.165, 1.54) is 5.56 Å². The molecule has 0 bridgehead atoms. The van der Waals surface area contributed by atoms with E-state index in [0.717, 1.165) is 44.5 Å². The van der Waals surface area contributed by atoms with Crippen LogP contribution < -0.4 is 5.73 Å². The molecule has 150 valence electrons. The van der Waals surface area contributed by atoms with E-state index in [1.54, 1.807) is 0 Å². The summed E-state index contributed by atoms with van der Waals surface area (Å²) in [5, 5.41) is 30.2. The fourth-order valence-corrected chi connectivity index (χ4v) is 5.47. The number of nitriles is 3. The van der Waals surface area contributed by atoms with Crippen LogP contribution in [-0.2, 0) is 6.54 Å². The van der Waals surface area contributed by atoms with Gasteiger partial charge in [0.2, 0.25) is 0 Å². The quantitative estimate of drug-likeness (QED) is 0.785. The molecule has 1 aromatic rings. The molecule has 1 aromatic carbocycles. The largest absolute Gasteiger partial charge is 0.399 e. The molecule has 1 heterocycles. The molecule has 5 nitrogen and oxygen atoms in total. The SMILES string of the molecule is N#CC1=C(N)C(C#N)(C#N)C(C2CC=CCC2)C2CN(Cc3ccccc3)CC=C12. The second kappa shape index (κ2) is 8.19. The first-order valence-electron chi connectivity index (χ1n) is 10.5. The Morgan fingerprint density at radius 1 is 1.10 bits per heavy atom. The van der Waals surface area contributed by atoms with Crippen LogP contribution in [0.3, 0.4) is 0 Å². The Hall–Kier alpha value is -3.33. The van der Waals surface area contributed by atoms with Crippen LogP contribution in [-0.4, -0.2) is 18.0 Å². The van der Waals surface area contributed by atoms with Crippen LogP contribution in [0.25, 0.3) is 0 Å². The molecule has 3 unspecified atom stereocenters. The predicted octanol–water partition coefficient (Wildman–Crippen LogP) is 3.80. The van der Waals surface area contributed by atoms with Gasteiger partial charge in [-0.1, -0.05) is 48.6 Å².